The van der Waals surface area contributed by atoms with E-state index in [2.05, 4.69) is 20.8 Å². The molecule has 1 N–H and O–H groups in total. The summed E-state index contributed by atoms with van der Waals surface area (Å²) in [5.74, 6) is 2.94. The first-order valence-electron chi connectivity index (χ1n) is 9.54. The zero-order valence-corrected chi connectivity index (χ0v) is 15.4. The highest BCUT2D eigenvalue weighted by Gasteiger charge is 2.49. The lowest BCUT2D eigenvalue weighted by Crippen LogP contribution is -2.40. The fourth-order valence-electron chi connectivity index (χ4n) is 4.15. The molecule has 0 amide bonds. The van der Waals surface area contributed by atoms with Gasteiger partial charge in [-0.05, 0) is 40.8 Å². The average Bonchev–Trinajstić information content (AvgIpc) is 3.55. The number of tetrazole rings is 1. The van der Waals surface area contributed by atoms with Crippen LogP contribution in [-0.4, -0.2) is 58.5 Å². The van der Waals surface area contributed by atoms with Crippen LogP contribution in [0.4, 0.5) is 0 Å². The normalized spacial score (nSPS) is 27.4. The number of hydrogen-bond donors (Lipinski definition) is 1. The van der Waals surface area contributed by atoms with Crippen LogP contribution in [-0.2, 0) is 16.0 Å². The Morgan fingerprint density at radius 3 is 2.93 bits per heavy atom. The lowest BCUT2D eigenvalue weighted by Gasteiger charge is -2.18. The summed E-state index contributed by atoms with van der Waals surface area (Å²) in [7, 11) is 0. The van der Waals surface area contributed by atoms with E-state index in [1.807, 2.05) is 30.3 Å². The van der Waals surface area contributed by atoms with Gasteiger partial charge in [0.2, 0.25) is 6.79 Å². The number of benzene rings is 1. The van der Waals surface area contributed by atoms with Gasteiger partial charge >= 0.3 is 0 Å². The Morgan fingerprint density at radius 2 is 2.00 bits per heavy atom. The van der Waals surface area contributed by atoms with E-state index in [-0.39, 0.29) is 31.1 Å². The first-order chi connectivity index (χ1) is 14.4. The molecule has 1 aromatic carbocycles. The molecular formula is C19H19N5O5. The minimum Gasteiger partial charge on any atom is -0.468 e. The van der Waals surface area contributed by atoms with Crippen molar-refractivity contribution >= 4 is 0 Å². The van der Waals surface area contributed by atoms with Gasteiger partial charge in [0.05, 0.1) is 32.1 Å². The zero-order valence-electron chi connectivity index (χ0n) is 15.4. The number of ether oxygens (including phenoxy) is 4. The van der Waals surface area contributed by atoms with Crippen molar-refractivity contribution in [1.82, 2.24) is 25.5 Å². The summed E-state index contributed by atoms with van der Waals surface area (Å²) in [6.45, 7) is 1.90. The molecule has 0 bridgehead atoms. The highest BCUT2D eigenvalue weighted by molar-refractivity contribution is 5.61. The monoisotopic (exact) mass is 397 g/mol. The van der Waals surface area contributed by atoms with Crippen LogP contribution in [0.3, 0.4) is 0 Å². The number of fused-ring (bicyclic) bond motifs is 2. The molecule has 10 nitrogen and oxygen atoms in total. The molecule has 2 saturated heterocycles. The zero-order chi connectivity index (χ0) is 19.2. The molecule has 0 aliphatic carbocycles. The standard InChI is InChI=1S/C19H19N5O5/c1-2-12(25-5-1)7-20-13-8-26-18-14(9-27-17(13)18)24-19(21-22-23-24)11-3-4-15-16(6-11)29-10-28-15/h1-6,13-14,17-18,20H,7-10H2/t13-,14+,17-,18+/m1/s1. The summed E-state index contributed by atoms with van der Waals surface area (Å²) >= 11 is 0. The van der Waals surface area contributed by atoms with E-state index >= 15 is 0 Å². The highest BCUT2D eigenvalue weighted by Crippen LogP contribution is 2.38. The Hall–Kier alpha value is -2.95. The summed E-state index contributed by atoms with van der Waals surface area (Å²) < 4.78 is 30.2. The van der Waals surface area contributed by atoms with Gasteiger partial charge in [-0.25, -0.2) is 4.68 Å². The molecule has 0 spiro atoms. The molecule has 3 aromatic rings. The van der Waals surface area contributed by atoms with Gasteiger partial charge in [0.1, 0.15) is 24.0 Å². The number of nitrogens with one attached hydrogen (secondary N) is 1. The van der Waals surface area contributed by atoms with Crippen LogP contribution in [0, 0.1) is 0 Å². The average molecular weight is 397 g/mol. The lowest BCUT2D eigenvalue weighted by atomic mass is 10.1. The van der Waals surface area contributed by atoms with Crippen molar-refractivity contribution in [1.29, 1.82) is 0 Å². The Morgan fingerprint density at radius 1 is 1.07 bits per heavy atom. The van der Waals surface area contributed by atoms with Crippen molar-refractivity contribution in [2.24, 2.45) is 0 Å². The third-order valence-corrected chi connectivity index (χ3v) is 5.58. The van der Waals surface area contributed by atoms with Gasteiger partial charge in [-0.15, -0.1) is 5.10 Å². The van der Waals surface area contributed by atoms with Gasteiger partial charge < -0.3 is 28.7 Å². The number of hydrogen-bond acceptors (Lipinski definition) is 9. The highest BCUT2D eigenvalue weighted by atomic mass is 16.7. The maximum Gasteiger partial charge on any atom is 0.231 e. The van der Waals surface area contributed by atoms with E-state index in [0.29, 0.717) is 31.3 Å². The van der Waals surface area contributed by atoms with Crippen molar-refractivity contribution < 1.29 is 23.4 Å². The Balaban J connectivity index is 1.21. The molecule has 150 valence electrons. The summed E-state index contributed by atoms with van der Waals surface area (Å²) in [5, 5.41) is 15.8. The topological polar surface area (TPSA) is 106 Å². The van der Waals surface area contributed by atoms with Crippen LogP contribution in [0.25, 0.3) is 11.4 Å². The van der Waals surface area contributed by atoms with E-state index in [9.17, 15) is 0 Å². The molecule has 5 heterocycles. The fraction of sp³-hybridized carbons (Fsp3) is 0.421. The third kappa shape index (κ3) is 2.87. The van der Waals surface area contributed by atoms with Crippen LogP contribution >= 0.6 is 0 Å². The maximum absolute atomic E-state index is 6.08. The van der Waals surface area contributed by atoms with Gasteiger partial charge in [0, 0.05) is 5.56 Å². The first-order valence-corrected chi connectivity index (χ1v) is 9.54. The summed E-state index contributed by atoms with van der Waals surface area (Å²) in [6, 6.07) is 9.48. The number of rotatable bonds is 5. The van der Waals surface area contributed by atoms with E-state index < -0.39 is 0 Å². The van der Waals surface area contributed by atoms with E-state index in [1.165, 1.54) is 0 Å². The van der Waals surface area contributed by atoms with Gasteiger partial charge in [-0.3, -0.25) is 0 Å². The van der Waals surface area contributed by atoms with Crippen molar-refractivity contribution in [3.8, 4) is 22.9 Å². The summed E-state index contributed by atoms with van der Waals surface area (Å²) in [6.07, 6.45) is 1.48. The molecule has 0 saturated carbocycles. The first kappa shape index (κ1) is 17.0. The summed E-state index contributed by atoms with van der Waals surface area (Å²) in [5.41, 5.74) is 0.855. The number of furan rings is 1. The van der Waals surface area contributed by atoms with Crippen LogP contribution in [0.5, 0.6) is 11.5 Å². The minimum atomic E-state index is -0.125. The van der Waals surface area contributed by atoms with Gasteiger partial charge in [0.15, 0.2) is 17.3 Å². The third-order valence-electron chi connectivity index (χ3n) is 5.58. The van der Waals surface area contributed by atoms with Crippen molar-refractivity contribution in [3.05, 3.63) is 42.4 Å². The second-order valence-corrected chi connectivity index (χ2v) is 7.25. The Labute approximate surface area is 165 Å². The molecule has 0 unspecified atom stereocenters. The van der Waals surface area contributed by atoms with E-state index in [4.69, 9.17) is 23.4 Å². The SMILES string of the molecule is c1coc(CN[C@@H]2CO[C@@H]3[C@@H]2OC[C@@H]3n2nnnc2-c2ccc3c(c2)OCO3)c1. The van der Waals surface area contributed by atoms with Crippen LogP contribution in [0.2, 0.25) is 0 Å². The van der Waals surface area contributed by atoms with E-state index in [1.54, 1.807) is 10.9 Å². The van der Waals surface area contributed by atoms with Gasteiger partial charge in [-0.1, -0.05) is 0 Å². The minimum absolute atomic E-state index is 0.0660. The van der Waals surface area contributed by atoms with Gasteiger partial charge in [0.25, 0.3) is 0 Å². The van der Waals surface area contributed by atoms with Crippen LogP contribution < -0.4 is 14.8 Å². The molecule has 6 rings (SSSR count). The smallest absolute Gasteiger partial charge is 0.231 e. The molecule has 3 aliphatic rings. The van der Waals surface area contributed by atoms with Crippen molar-refractivity contribution in [2.45, 2.75) is 30.8 Å². The van der Waals surface area contributed by atoms with Crippen LogP contribution in [0.1, 0.15) is 11.8 Å². The second-order valence-electron chi connectivity index (χ2n) is 7.25. The molecule has 3 aliphatic heterocycles. The number of aromatic nitrogens is 4. The molecule has 10 heteroatoms. The molecular weight excluding hydrogens is 378 g/mol. The maximum atomic E-state index is 6.08. The van der Waals surface area contributed by atoms with Gasteiger partial charge in [-0.2, -0.15) is 0 Å². The molecule has 2 fully saturated rings. The number of nitrogens with zero attached hydrogens (tertiary/aromatic N) is 4. The predicted molar refractivity (Wildman–Crippen MR) is 97.2 cm³/mol. The quantitative estimate of drug-likeness (QED) is 0.679. The lowest BCUT2D eigenvalue weighted by molar-refractivity contribution is 0.0621. The predicted octanol–water partition coefficient (Wildman–Crippen LogP) is 1.16. The molecule has 2 aromatic heterocycles. The Kier molecular flexibility index (Phi) is 3.99. The second kappa shape index (κ2) is 6.83. The summed E-state index contributed by atoms with van der Waals surface area (Å²) in [4.78, 5) is 0. The van der Waals surface area contributed by atoms with Crippen LogP contribution in [0.15, 0.2) is 41.0 Å². The van der Waals surface area contributed by atoms with Crippen molar-refractivity contribution in [3.63, 3.8) is 0 Å². The molecule has 29 heavy (non-hydrogen) atoms. The fourth-order valence-corrected chi connectivity index (χ4v) is 4.15. The Bertz CT molecular complexity index is 1010. The van der Waals surface area contributed by atoms with E-state index in [0.717, 1.165) is 17.1 Å². The molecule has 0 radical (unpaired) electrons. The van der Waals surface area contributed by atoms with Crippen molar-refractivity contribution in [2.75, 3.05) is 20.0 Å². The largest absolute Gasteiger partial charge is 0.468 e. The molecule has 4 atom stereocenters.